The number of piperidine rings is 1. The SMILES string of the molecule is NC1CC(Cc2ccsc2)CN(Cc2ccccc2)C1. The number of hydrogen-bond acceptors (Lipinski definition) is 3. The first-order chi connectivity index (χ1) is 9.79. The van der Waals surface area contributed by atoms with Crippen LogP contribution >= 0.6 is 11.3 Å². The molecule has 1 aliphatic heterocycles. The van der Waals surface area contributed by atoms with Crippen LogP contribution in [0.25, 0.3) is 0 Å². The van der Waals surface area contributed by atoms with Gasteiger partial charge in [-0.05, 0) is 46.7 Å². The average Bonchev–Trinajstić information content (AvgIpc) is 2.92. The topological polar surface area (TPSA) is 29.3 Å². The number of benzene rings is 1. The van der Waals surface area contributed by atoms with E-state index >= 15 is 0 Å². The molecule has 1 fully saturated rings. The Morgan fingerprint density at radius 2 is 1.95 bits per heavy atom. The maximum atomic E-state index is 6.26. The second-order valence-corrected chi connectivity index (χ2v) is 6.66. The summed E-state index contributed by atoms with van der Waals surface area (Å²) in [6, 6.07) is 13.3. The Hall–Kier alpha value is -1.16. The van der Waals surface area contributed by atoms with Gasteiger partial charge in [0.1, 0.15) is 0 Å². The summed E-state index contributed by atoms with van der Waals surface area (Å²) < 4.78 is 0. The van der Waals surface area contributed by atoms with Gasteiger partial charge in [0, 0.05) is 25.7 Å². The first kappa shape index (κ1) is 13.8. The number of nitrogens with zero attached hydrogens (tertiary/aromatic N) is 1. The Morgan fingerprint density at radius 3 is 2.70 bits per heavy atom. The molecular weight excluding hydrogens is 264 g/mol. The van der Waals surface area contributed by atoms with Gasteiger partial charge in [0.2, 0.25) is 0 Å². The third kappa shape index (κ3) is 3.69. The number of nitrogens with two attached hydrogens (primary N) is 1. The molecule has 3 heteroatoms. The predicted molar refractivity (Wildman–Crippen MR) is 85.8 cm³/mol. The van der Waals surface area contributed by atoms with Gasteiger partial charge < -0.3 is 5.73 Å². The lowest BCUT2D eigenvalue weighted by molar-refractivity contribution is 0.149. The van der Waals surface area contributed by atoms with Crippen LogP contribution in [0.1, 0.15) is 17.5 Å². The third-order valence-electron chi connectivity index (χ3n) is 4.00. The molecule has 106 valence electrons. The molecule has 2 aromatic rings. The quantitative estimate of drug-likeness (QED) is 0.935. The Balaban J connectivity index is 1.61. The lowest BCUT2D eigenvalue weighted by Gasteiger charge is -2.36. The maximum absolute atomic E-state index is 6.26. The van der Waals surface area contributed by atoms with Gasteiger partial charge in [-0.15, -0.1) is 0 Å². The van der Waals surface area contributed by atoms with Gasteiger partial charge in [0.15, 0.2) is 0 Å². The number of rotatable bonds is 4. The minimum atomic E-state index is 0.316. The van der Waals surface area contributed by atoms with Crippen LogP contribution in [0.5, 0.6) is 0 Å². The van der Waals surface area contributed by atoms with Crippen LogP contribution in [0.2, 0.25) is 0 Å². The van der Waals surface area contributed by atoms with Gasteiger partial charge in [-0.2, -0.15) is 11.3 Å². The van der Waals surface area contributed by atoms with Gasteiger partial charge in [0.25, 0.3) is 0 Å². The molecule has 1 saturated heterocycles. The molecule has 0 aliphatic carbocycles. The Bertz CT molecular complexity index is 509. The van der Waals surface area contributed by atoms with Gasteiger partial charge >= 0.3 is 0 Å². The summed E-state index contributed by atoms with van der Waals surface area (Å²) in [6.07, 6.45) is 2.32. The van der Waals surface area contributed by atoms with Crippen LogP contribution in [0, 0.1) is 5.92 Å². The molecular formula is C17H22N2S. The van der Waals surface area contributed by atoms with E-state index in [1.165, 1.54) is 24.1 Å². The molecule has 1 aliphatic rings. The fraction of sp³-hybridized carbons (Fsp3) is 0.412. The second-order valence-electron chi connectivity index (χ2n) is 5.88. The van der Waals surface area contributed by atoms with Crippen molar-refractivity contribution in [2.24, 2.45) is 11.7 Å². The van der Waals surface area contributed by atoms with Crippen molar-refractivity contribution >= 4 is 11.3 Å². The molecule has 3 rings (SSSR count). The lowest BCUT2D eigenvalue weighted by atomic mass is 9.89. The molecule has 2 atom stereocenters. The minimum absolute atomic E-state index is 0.316. The zero-order valence-electron chi connectivity index (χ0n) is 11.7. The van der Waals surface area contributed by atoms with Crippen molar-refractivity contribution in [3.63, 3.8) is 0 Å². The zero-order valence-corrected chi connectivity index (χ0v) is 12.6. The zero-order chi connectivity index (χ0) is 13.8. The van der Waals surface area contributed by atoms with Gasteiger partial charge in [-0.3, -0.25) is 4.90 Å². The van der Waals surface area contributed by atoms with Crippen molar-refractivity contribution in [1.29, 1.82) is 0 Å². The number of thiophene rings is 1. The fourth-order valence-electron chi connectivity index (χ4n) is 3.21. The van der Waals surface area contributed by atoms with E-state index in [4.69, 9.17) is 5.73 Å². The fourth-order valence-corrected chi connectivity index (χ4v) is 3.89. The van der Waals surface area contributed by atoms with E-state index in [9.17, 15) is 0 Å². The van der Waals surface area contributed by atoms with Gasteiger partial charge in [-0.1, -0.05) is 30.3 Å². The average molecular weight is 286 g/mol. The first-order valence-corrected chi connectivity index (χ1v) is 8.27. The largest absolute Gasteiger partial charge is 0.327 e. The van der Waals surface area contributed by atoms with Gasteiger partial charge in [-0.25, -0.2) is 0 Å². The van der Waals surface area contributed by atoms with E-state index in [0.717, 1.165) is 19.5 Å². The van der Waals surface area contributed by atoms with E-state index in [2.05, 4.69) is 52.1 Å². The standard InChI is InChI=1S/C17H22N2S/c18-17-9-16(8-15-6-7-20-13-15)11-19(12-17)10-14-4-2-1-3-5-14/h1-7,13,16-17H,8-12,18H2. The molecule has 20 heavy (non-hydrogen) atoms. The van der Waals surface area contributed by atoms with E-state index in [0.29, 0.717) is 12.0 Å². The summed E-state index contributed by atoms with van der Waals surface area (Å²) in [6.45, 7) is 3.21. The molecule has 0 amide bonds. The van der Waals surface area contributed by atoms with Crippen LogP contribution in [0.15, 0.2) is 47.2 Å². The number of hydrogen-bond donors (Lipinski definition) is 1. The highest BCUT2D eigenvalue weighted by Gasteiger charge is 2.25. The van der Waals surface area contributed by atoms with Crippen LogP contribution in [-0.2, 0) is 13.0 Å². The van der Waals surface area contributed by atoms with Crippen molar-refractivity contribution in [3.8, 4) is 0 Å². The Labute approximate surface area is 125 Å². The molecule has 2 nitrogen and oxygen atoms in total. The highest BCUT2D eigenvalue weighted by atomic mass is 32.1. The molecule has 1 aromatic heterocycles. The maximum Gasteiger partial charge on any atom is 0.0234 e. The van der Waals surface area contributed by atoms with Crippen molar-refractivity contribution in [3.05, 3.63) is 58.3 Å². The molecule has 0 saturated carbocycles. The van der Waals surface area contributed by atoms with Crippen molar-refractivity contribution < 1.29 is 0 Å². The van der Waals surface area contributed by atoms with Crippen molar-refractivity contribution in [2.75, 3.05) is 13.1 Å². The Morgan fingerprint density at radius 1 is 1.10 bits per heavy atom. The number of likely N-dealkylation sites (tertiary alicyclic amines) is 1. The summed E-state index contributed by atoms with van der Waals surface area (Å²) in [5, 5.41) is 4.43. The van der Waals surface area contributed by atoms with E-state index < -0.39 is 0 Å². The van der Waals surface area contributed by atoms with E-state index in [1.807, 2.05) is 0 Å². The Kier molecular flexibility index (Phi) is 4.51. The molecule has 1 aromatic carbocycles. The highest BCUT2D eigenvalue weighted by Crippen LogP contribution is 2.22. The van der Waals surface area contributed by atoms with Crippen LogP contribution in [-0.4, -0.2) is 24.0 Å². The normalized spacial score (nSPS) is 23.9. The molecule has 0 bridgehead atoms. The molecule has 2 N–H and O–H groups in total. The van der Waals surface area contributed by atoms with Crippen molar-refractivity contribution in [1.82, 2.24) is 4.90 Å². The lowest BCUT2D eigenvalue weighted by Crippen LogP contribution is -2.47. The highest BCUT2D eigenvalue weighted by molar-refractivity contribution is 7.07. The van der Waals surface area contributed by atoms with Crippen LogP contribution < -0.4 is 5.73 Å². The summed E-state index contributed by atoms with van der Waals surface area (Å²) in [7, 11) is 0. The summed E-state index contributed by atoms with van der Waals surface area (Å²) in [4.78, 5) is 2.51. The van der Waals surface area contributed by atoms with E-state index in [-0.39, 0.29) is 0 Å². The van der Waals surface area contributed by atoms with Crippen LogP contribution in [0.3, 0.4) is 0 Å². The van der Waals surface area contributed by atoms with E-state index in [1.54, 1.807) is 11.3 Å². The molecule has 0 spiro atoms. The molecule has 2 unspecified atom stereocenters. The molecule has 2 heterocycles. The minimum Gasteiger partial charge on any atom is -0.327 e. The summed E-state index contributed by atoms with van der Waals surface area (Å²) in [5.41, 5.74) is 9.11. The predicted octanol–water partition coefficient (Wildman–Crippen LogP) is 3.14. The second kappa shape index (κ2) is 6.53. The third-order valence-corrected chi connectivity index (χ3v) is 4.73. The first-order valence-electron chi connectivity index (χ1n) is 7.32. The monoisotopic (exact) mass is 286 g/mol. The van der Waals surface area contributed by atoms with Gasteiger partial charge in [0.05, 0.1) is 0 Å². The smallest absolute Gasteiger partial charge is 0.0234 e. The molecule has 0 radical (unpaired) electrons. The van der Waals surface area contributed by atoms with Crippen molar-refractivity contribution in [2.45, 2.75) is 25.4 Å². The van der Waals surface area contributed by atoms with Crippen LogP contribution in [0.4, 0.5) is 0 Å². The summed E-state index contributed by atoms with van der Waals surface area (Å²) >= 11 is 1.79. The summed E-state index contributed by atoms with van der Waals surface area (Å²) in [5.74, 6) is 0.692.